The molecule has 6 nitrogen and oxygen atoms in total. The molecule has 0 spiro atoms. The first-order valence-electron chi connectivity index (χ1n) is 9.20. The summed E-state index contributed by atoms with van der Waals surface area (Å²) in [6.07, 6.45) is 0. The number of aryl methyl sites for hydroxylation is 2. The van der Waals surface area contributed by atoms with Crippen LogP contribution in [0.15, 0.2) is 48.5 Å². The number of thioether (sulfide) groups is 1. The zero-order valence-corrected chi connectivity index (χ0v) is 16.9. The number of hydrogen-bond acceptors (Lipinski definition) is 4. The van der Waals surface area contributed by atoms with E-state index in [0.29, 0.717) is 0 Å². The lowest BCUT2D eigenvalue weighted by Gasteiger charge is -2.25. The maximum atomic E-state index is 12.8. The van der Waals surface area contributed by atoms with Crippen molar-refractivity contribution < 1.29 is 9.59 Å². The van der Waals surface area contributed by atoms with Crippen LogP contribution in [-0.2, 0) is 16.1 Å². The minimum atomic E-state index is -0.244. The number of nitrogens with zero attached hydrogens (tertiary/aromatic N) is 3. The van der Waals surface area contributed by atoms with Crippen molar-refractivity contribution in [1.29, 1.82) is 0 Å². The minimum Gasteiger partial charge on any atom is -0.319 e. The van der Waals surface area contributed by atoms with E-state index in [0.717, 1.165) is 28.0 Å². The molecule has 4 rings (SSSR count). The number of benzene rings is 2. The molecule has 1 aromatic heterocycles. The maximum absolute atomic E-state index is 12.8. The Morgan fingerprint density at radius 2 is 1.86 bits per heavy atom. The predicted molar refractivity (Wildman–Crippen MR) is 110 cm³/mol. The average molecular weight is 395 g/mol. The third kappa shape index (κ3) is 3.38. The molecule has 7 heteroatoms. The van der Waals surface area contributed by atoms with Crippen LogP contribution in [0.25, 0.3) is 11.0 Å². The van der Waals surface area contributed by atoms with Gasteiger partial charge < -0.3 is 4.57 Å². The van der Waals surface area contributed by atoms with Crippen molar-refractivity contribution in [3.63, 3.8) is 0 Å². The normalized spacial score (nSPS) is 19.4. The monoisotopic (exact) mass is 394 g/mol. The van der Waals surface area contributed by atoms with E-state index in [1.54, 1.807) is 0 Å². The standard InChI is InChI=1S/C21H22N4O2S/c1-13-8-10-16(11-9-13)21-25(20(27)14(2)28-21)23-19(26)12-24-15(3)22-17-6-4-5-7-18(17)24/h4-11,14,21H,12H2,1-3H3,(H,23,26). The van der Waals surface area contributed by atoms with Gasteiger partial charge in [-0.3, -0.25) is 15.0 Å². The molecule has 0 radical (unpaired) electrons. The Balaban J connectivity index is 1.55. The van der Waals surface area contributed by atoms with Crippen LogP contribution in [0, 0.1) is 13.8 Å². The Morgan fingerprint density at radius 1 is 1.14 bits per heavy atom. The van der Waals surface area contributed by atoms with Gasteiger partial charge in [-0.15, -0.1) is 11.8 Å². The minimum absolute atomic E-state index is 0.0869. The number of nitrogens with one attached hydrogen (secondary N) is 1. The van der Waals surface area contributed by atoms with E-state index >= 15 is 0 Å². The van der Waals surface area contributed by atoms with Crippen molar-refractivity contribution in [3.8, 4) is 0 Å². The number of imidazole rings is 1. The summed E-state index contributed by atoms with van der Waals surface area (Å²) < 4.78 is 1.86. The number of hydrazine groups is 1. The fourth-order valence-electron chi connectivity index (χ4n) is 3.41. The van der Waals surface area contributed by atoms with E-state index in [1.165, 1.54) is 16.8 Å². The summed E-state index contributed by atoms with van der Waals surface area (Å²) in [5.41, 5.74) is 6.74. The second-order valence-electron chi connectivity index (χ2n) is 7.02. The zero-order valence-electron chi connectivity index (χ0n) is 16.0. The Hall–Kier alpha value is -2.80. The van der Waals surface area contributed by atoms with E-state index in [4.69, 9.17) is 0 Å². The van der Waals surface area contributed by atoms with Gasteiger partial charge in [0.05, 0.1) is 16.3 Å². The topological polar surface area (TPSA) is 67.2 Å². The van der Waals surface area contributed by atoms with Crippen LogP contribution in [0.2, 0.25) is 0 Å². The maximum Gasteiger partial charge on any atom is 0.258 e. The van der Waals surface area contributed by atoms with Crippen molar-refractivity contribution in [1.82, 2.24) is 20.0 Å². The third-order valence-electron chi connectivity index (χ3n) is 4.91. The highest BCUT2D eigenvalue weighted by molar-refractivity contribution is 8.01. The largest absolute Gasteiger partial charge is 0.319 e. The smallest absolute Gasteiger partial charge is 0.258 e. The van der Waals surface area contributed by atoms with Crippen molar-refractivity contribution in [3.05, 3.63) is 65.5 Å². The Kier molecular flexibility index (Phi) is 4.85. The summed E-state index contributed by atoms with van der Waals surface area (Å²) >= 11 is 1.54. The van der Waals surface area contributed by atoms with Crippen LogP contribution in [-0.4, -0.2) is 31.6 Å². The molecule has 2 atom stereocenters. The van der Waals surface area contributed by atoms with Gasteiger partial charge in [0, 0.05) is 0 Å². The summed E-state index contributed by atoms with van der Waals surface area (Å²) in [5, 5.41) is 1.03. The SMILES string of the molecule is Cc1ccc(C2SC(C)C(=O)N2NC(=O)Cn2c(C)nc3ccccc32)cc1. The molecule has 0 saturated carbocycles. The molecule has 144 valence electrons. The number of hydrogen-bond donors (Lipinski definition) is 1. The van der Waals surface area contributed by atoms with Gasteiger partial charge in [0.15, 0.2) is 0 Å². The van der Waals surface area contributed by atoms with Crippen LogP contribution >= 0.6 is 11.8 Å². The van der Waals surface area contributed by atoms with Gasteiger partial charge in [-0.05, 0) is 38.5 Å². The number of carbonyl (C=O) groups is 2. The lowest BCUT2D eigenvalue weighted by Crippen LogP contribution is -2.46. The summed E-state index contributed by atoms with van der Waals surface area (Å²) in [5.74, 6) is 0.435. The molecule has 0 aliphatic carbocycles. The number of rotatable bonds is 4. The first-order chi connectivity index (χ1) is 13.4. The molecule has 1 aliphatic heterocycles. The van der Waals surface area contributed by atoms with Crippen LogP contribution in [0.5, 0.6) is 0 Å². The quantitative estimate of drug-likeness (QED) is 0.737. The molecular formula is C21H22N4O2S. The number of aromatic nitrogens is 2. The molecule has 1 N–H and O–H groups in total. The molecule has 2 amide bonds. The summed E-state index contributed by atoms with van der Waals surface area (Å²) in [4.78, 5) is 29.9. The molecule has 0 bridgehead atoms. The van der Waals surface area contributed by atoms with Crippen LogP contribution in [0.4, 0.5) is 0 Å². The number of amides is 2. The second kappa shape index (κ2) is 7.31. The average Bonchev–Trinajstić information content (AvgIpc) is 3.14. The van der Waals surface area contributed by atoms with Gasteiger partial charge >= 0.3 is 0 Å². The van der Waals surface area contributed by atoms with Gasteiger partial charge in [-0.1, -0.05) is 42.0 Å². The number of para-hydroxylation sites is 2. The predicted octanol–water partition coefficient (Wildman–Crippen LogP) is 3.35. The highest BCUT2D eigenvalue weighted by Crippen LogP contribution is 2.41. The van der Waals surface area contributed by atoms with Crippen LogP contribution in [0.1, 0.15) is 29.2 Å². The van der Waals surface area contributed by atoms with Crippen molar-refractivity contribution in [2.45, 2.75) is 37.9 Å². The summed E-state index contributed by atoms with van der Waals surface area (Å²) in [6.45, 7) is 5.88. The molecule has 1 saturated heterocycles. The summed E-state index contributed by atoms with van der Waals surface area (Å²) in [6, 6.07) is 15.8. The van der Waals surface area contributed by atoms with Crippen molar-refractivity contribution in [2.24, 2.45) is 0 Å². The first kappa shape index (κ1) is 18.6. The van der Waals surface area contributed by atoms with Crippen molar-refractivity contribution >= 4 is 34.6 Å². The Bertz CT molecular complexity index is 1040. The van der Waals surface area contributed by atoms with E-state index < -0.39 is 0 Å². The highest BCUT2D eigenvalue weighted by atomic mass is 32.2. The van der Waals surface area contributed by atoms with Gasteiger partial charge in [-0.2, -0.15) is 0 Å². The Labute approximate surface area is 167 Å². The van der Waals surface area contributed by atoms with E-state index in [9.17, 15) is 9.59 Å². The molecule has 1 aliphatic rings. The van der Waals surface area contributed by atoms with Crippen LogP contribution in [0.3, 0.4) is 0 Å². The molecule has 1 fully saturated rings. The van der Waals surface area contributed by atoms with Gasteiger partial charge in [-0.25, -0.2) is 9.99 Å². The molecule has 2 unspecified atom stereocenters. The first-order valence-corrected chi connectivity index (χ1v) is 10.1. The van der Waals surface area contributed by atoms with E-state index in [1.807, 2.05) is 73.9 Å². The second-order valence-corrected chi connectivity index (χ2v) is 8.44. The van der Waals surface area contributed by atoms with Gasteiger partial charge in [0.2, 0.25) is 0 Å². The van der Waals surface area contributed by atoms with E-state index in [2.05, 4.69) is 10.4 Å². The van der Waals surface area contributed by atoms with Crippen molar-refractivity contribution in [2.75, 3.05) is 0 Å². The molecule has 3 aromatic rings. The molecule has 2 heterocycles. The number of carbonyl (C=O) groups excluding carboxylic acids is 2. The van der Waals surface area contributed by atoms with Gasteiger partial charge in [0.25, 0.3) is 11.8 Å². The van der Waals surface area contributed by atoms with Crippen LogP contribution < -0.4 is 5.43 Å². The third-order valence-corrected chi connectivity index (χ3v) is 6.26. The number of fused-ring (bicyclic) bond motifs is 1. The highest BCUT2D eigenvalue weighted by Gasteiger charge is 2.39. The fourth-order valence-corrected chi connectivity index (χ4v) is 4.61. The lowest BCUT2D eigenvalue weighted by molar-refractivity contribution is -0.140. The van der Waals surface area contributed by atoms with Gasteiger partial charge in [0.1, 0.15) is 17.7 Å². The molecular weight excluding hydrogens is 372 g/mol. The molecule has 28 heavy (non-hydrogen) atoms. The lowest BCUT2D eigenvalue weighted by atomic mass is 10.1. The molecule has 2 aromatic carbocycles. The Morgan fingerprint density at radius 3 is 2.61 bits per heavy atom. The fraction of sp³-hybridized carbons (Fsp3) is 0.286. The summed E-state index contributed by atoms with van der Waals surface area (Å²) in [7, 11) is 0. The zero-order chi connectivity index (χ0) is 19.8. The van der Waals surface area contributed by atoms with E-state index in [-0.39, 0.29) is 29.0 Å².